The van der Waals surface area contributed by atoms with E-state index in [-0.39, 0.29) is 0 Å². The van der Waals surface area contributed by atoms with Crippen LogP contribution in [0, 0.1) is 0 Å². The summed E-state index contributed by atoms with van der Waals surface area (Å²) in [5.74, 6) is 0. The molecule has 0 aliphatic carbocycles. The van der Waals surface area contributed by atoms with E-state index < -0.39 is 6.03 Å². The maximum atomic E-state index is 10.8. The Morgan fingerprint density at radius 2 is 1.71 bits per heavy atom. The van der Waals surface area contributed by atoms with Crippen molar-refractivity contribution in [1.82, 2.24) is 4.98 Å². The van der Waals surface area contributed by atoms with Crippen LogP contribution in [0.3, 0.4) is 0 Å². The number of amides is 2. The van der Waals surface area contributed by atoms with Crippen LogP contribution >= 0.6 is 11.3 Å². The van der Waals surface area contributed by atoms with Crippen molar-refractivity contribution in [1.29, 1.82) is 0 Å². The average molecular weight is 295 g/mol. The lowest BCUT2D eigenvalue weighted by atomic mass is 10.1. The third-order valence-electron chi connectivity index (χ3n) is 2.97. The Morgan fingerprint density at radius 1 is 1.00 bits per heavy atom. The molecule has 5 heteroatoms. The number of nitrogens with one attached hydrogen (secondary N) is 1. The van der Waals surface area contributed by atoms with Crippen molar-refractivity contribution < 1.29 is 4.79 Å². The fourth-order valence-corrected chi connectivity index (χ4v) is 2.82. The summed E-state index contributed by atoms with van der Waals surface area (Å²) in [5, 5.41) is 5.55. The van der Waals surface area contributed by atoms with Gasteiger partial charge in [0.2, 0.25) is 0 Å². The SMILES string of the molecule is NC(=O)Nc1ccc(-c2csc(-c3ccccc3)n2)cc1. The van der Waals surface area contributed by atoms with Crippen LogP contribution in [0.1, 0.15) is 0 Å². The molecule has 21 heavy (non-hydrogen) atoms. The van der Waals surface area contributed by atoms with Gasteiger partial charge in [-0.2, -0.15) is 0 Å². The zero-order chi connectivity index (χ0) is 14.7. The predicted octanol–water partition coefficient (Wildman–Crippen LogP) is 3.97. The smallest absolute Gasteiger partial charge is 0.316 e. The Bertz CT molecular complexity index is 751. The van der Waals surface area contributed by atoms with Gasteiger partial charge in [0.1, 0.15) is 5.01 Å². The number of primary amides is 1. The minimum absolute atomic E-state index is 0.567. The molecule has 0 spiro atoms. The number of hydrogen-bond donors (Lipinski definition) is 2. The van der Waals surface area contributed by atoms with Crippen LogP contribution in [0.15, 0.2) is 60.0 Å². The highest BCUT2D eigenvalue weighted by atomic mass is 32.1. The lowest BCUT2D eigenvalue weighted by Crippen LogP contribution is -2.19. The summed E-state index contributed by atoms with van der Waals surface area (Å²) in [6.07, 6.45) is 0. The van der Waals surface area contributed by atoms with E-state index >= 15 is 0 Å². The van der Waals surface area contributed by atoms with E-state index in [1.165, 1.54) is 0 Å². The van der Waals surface area contributed by atoms with Crippen molar-refractivity contribution in [3.8, 4) is 21.8 Å². The van der Waals surface area contributed by atoms with E-state index in [9.17, 15) is 4.79 Å². The highest BCUT2D eigenvalue weighted by molar-refractivity contribution is 7.13. The molecule has 1 heterocycles. The van der Waals surface area contributed by atoms with Gasteiger partial charge < -0.3 is 11.1 Å². The Morgan fingerprint density at radius 3 is 2.38 bits per heavy atom. The number of benzene rings is 2. The average Bonchev–Trinajstić information content (AvgIpc) is 2.98. The number of rotatable bonds is 3. The van der Waals surface area contributed by atoms with Crippen molar-refractivity contribution in [2.24, 2.45) is 5.73 Å². The van der Waals surface area contributed by atoms with Crippen molar-refractivity contribution >= 4 is 23.1 Å². The summed E-state index contributed by atoms with van der Waals surface area (Å²) in [4.78, 5) is 15.4. The maximum absolute atomic E-state index is 10.8. The molecular formula is C16H13N3OS. The molecule has 0 aliphatic heterocycles. The van der Waals surface area contributed by atoms with Gasteiger partial charge in [0, 0.05) is 22.2 Å². The van der Waals surface area contributed by atoms with Gasteiger partial charge >= 0.3 is 6.03 Å². The molecule has 0 atom stereocenters. The summed E-state index contributed by atoms with van der Waals surface area (Å²) in [6, 6.07) is 16.9. The summed E-state index contributed by atoms with van der Waals surface area (Å²) in [5.41, 5.74) is 8.79. The molecule has 0 fully saturated rings. The van der Waals surface area contributed by atoms with E-state index in [2.05, 4.69) is 10.3 Å². The molecule has 0 saturated carbocycles. The van der Waals surface area contributed by atoms with Gasteiger partial charge in [0.05, 0.1) is 5.69 Å². The molecule has 3 aromatic rings. The summed E-state index contributed by atoms with van der Waals surface area (Å²) in [7, 11) is 0. The second-order valence-corrected chi connectivity index (χ2v) is 5.33. The third kappa shape index (κ3) is 3.09. The van der Waals surface area contributed by atoms with Gasteiger partial charge in [-0.1, -0.05) is 42.5 Å². The molecule has 1 aromatic heterocycles. The van der Waals surface area contributed by atoms with E-state index in [4.69, 9.17) is 5.73 Å². The van der Waals surface area contributed by atoms with Gasteiger partial charge in [-0.15, -0.1) is 11.3 Å². The second-order valence-electron chi connectivity index (χ2n) is 4.47. The normalized spacial score (nSPS) is 10.3. The molecule has 0 radical (unpaired) electrons. The highest BCUT2D eigenvalue weighted by Gasteiger charge is 2.06. The van der Waals surface area contributed by atoms with Crippen LogP contribution in [-0.4, -0.2) is 11.0 Å². The lowest BCUT2D eigenvalue weighted by molar-refractivity contribution is 0.259. The quantitative estimate of drug-likeness (QED) is 0.767. The minimum Gasteiger partial charge on any atom is -0.351 e. The van der Waals surface area contributed by atoms with Crippen LogP contribution in [0.4, 0.5) is 10.5 Å². The number of carbonyl (C=O) groups is 1. The monoisotopic (exact) mass is 295 g/mol. The predicted molar refractivity (Wildman–Crippen MR) is 86.2 cm³/mol. The number of anilines is 1. The number of urea groups is 1. The standard InChI is InChI=1S/C16H13N3OS/c17-16(20)18-13-8-6-11(7-9-13)14-10-21-15(19-14)12-4-2-1-3-5-12/h1-10H,(H3,17,18,20). The summed E-state index contributed by atoms with van der Waals surface area (Å²) >= 11 is 1.61. The fourth-order valence-electron chi connectivity index (χ4n) is 1.99. The van der Waals surface area contributed by atoms with Gasteiger partial charge in [0.15, 0.2) is 0 Å². The van der Waals surface area contributed by atoms with Gasteiger partial charge in [0.25, 0.3) is 0 Å². The summed E-state index contributed by atoms with van der Waals surface area (Å²) < 4.78 is 0. The van der Waals surface area contributed by atoms with Gasteiger partial charge in [-0.05, 0) is 12.1 Å². The van der Waals surface area contributed by atoms with E-state index in [0.29, 0.717) is 5.69 Å². The van der Waals surface area contributed by atoms with Gasteiger partial charge in [-0.3, -0.25) is 0 Å². The topological polar surface area (TPSA) is 68.0 Å². The van der Waals surface area contributed by atoms with E-state index in [0.717, 1.165) is 21.8 Å². The number of carbonyl (C=O) groups excluding carboxylic acids is 1. The van der Waals surface area contributed by atoms with Crippen molar-refractivity contribution in [2.75, 3.05) is 5.32 Å². The number of hydrogen-bond acceptors (Lipinski definition) is 3. The Balaban J connectivity index is 1.85. The van der Waals surface area contributed by atoms with Crippen LogP contribution in [0.5, 0.6) is 0 Å². The van der Waals surface area contributed by atoms with Crippen molar-refractivity contribution in [3.63, 3.8) is 0 Å². The number of nitrogens with zero attached hydrogens (tertiary/aromatic N) is 1. The zero-order valence-corrected chi connectivity index (χ0v) is 11.9. The van der Waals surface area contributed by atoms with Crippen molar-refractivity contribution in [2.45, 2.75) is 0 Å². The molecule has 2 aromatic carbocycles. The van der Waals surface area contributed by atoms with Crippen LogP contribution in [0.2, 0.25) is 0 Å². The van der Waals surface area contributed by atoms with E-state index in [1.807, 2.05) is 60.0 Å². The fraction of sp³-hybridized carbons (Fsp3) is 0. The van der Waals surface area contributed by atoms with Crippen molar-refractivity contribution in [3.05, 3.63) is 60.0 Å². The molecule has 3 N–H and O–H groups in total. The second kappa shape index (κ2) is 5.76. The Hall–Kier alpha value is -2.66. The largest absolute Gasteiger partial charge is 0.351 e. The number of thiazole rings is 1. The zero-order valence-electron chi connectivity index (χ0n) is 11.1. The number of nitrogens with two attached hydrogens (primary N) is 1. The summed E-state index contributed by atoms with van der Waals surface area (Å²) in [6.45, 7) is 0. The van der Waals surface area contributed by atoms with Gasteiger partial charge in [-0.25, -0.2) is 9.78 Å². The maximum Gasteiger partial charge on any atom is 0.316 e. The first-order chi connectivity index (χ1) is 10.2. The Labute approximate surface area is 126 Å². The van der Waals surface area contributed by atoms with Crippen LogP contribution in [0.25, 0.3) is 21.8 Å². The molecular weight excluding hydrogens is 282 g/mol. The third-order valence-corrected chi connectivity index (χ3v) is 3.86. The molecule has 0 unspecified atom stereocenters. The Kier molecular flexibility index (Phi) is 3.66. The van der Waals surface area contributed by atoms with E-state index in [1.54, 1.807) is 11.3 Å². The molecule has 3 rings (SSSR count). The molecule has 2 amide bonds. The van der Waals surface area contributed by atoms with Crippen LogP contribution < -0.4 is 11.1 Å². The first-order valence-electron chi connectivity index (χ1n) is 6.40. The lowest BCUT2D eigenvalue weighted by Gasteiger charge is -2.02. The molecule has 4 nitrogen and oxygen atoms in total. The molecule has 0 aliphatic rings. The first-order valence-corrected chi connectivity index (χ1v) is 7.28. The molecule has 104 valence electrons. The number of aromatic nitrogens is 1. The minimum atomic E-state index is -0.567. The molecule has 0 bridgehead atoms. The first kappa shape index (κ1) is 13.3. The molecule has 0 saturated heterocycles. The van der Waals surface area contributed by atoms with Crippen LogP contribution in [-0.2, 0) is 0 Å². The highest BCUT2D eigenvalue weighted by Crippen LogP contribution is 2.29.